The Bertz CT molecular complexity index is 1020. The lowest BCUT2D eigenvalue weighted by molar-refractivity contribution is 0.0984. The van der Waals surface area contributed by atoms with E-state index in [9.17, 15) is 4.79 Å². The zero-order valence-corrected chi connectivity index (χ0v) is 18.0. The summed E-state index contributed by atoms with van der Waals surface area (Å²) in [5.41, 5.74) is 3.64. The number of carbonyl (C=O) groups excluding carboxylic acids is 1. The highest BCUT2D eigenvalue weighted by Gasteiger charge is 2.24. The fourth-order valence-electron chi connectivity index (χ4n) is 3.35. The molecule has 6 nitrogen and oxygen atoms in total. The molecule has 1 aromatic heterocycles. The van der Waals surface area contributed by atoms with E-state index in [1.165, 1.54) is 11.3 Å². The lowest BCUT2D eigenvalue weighted by Crippen LogP contribution is -2.37. The van der Waals surface area contributed by atoms with E-state index in [2.05, 4.69) is 4.90 Å². The number of thiazole rings is 1. The van der Waals surface area contributed by atoms with Crippen molar-refractivity contribution in [1.29, 1.82) is 0 Å². The highest BCUT2D eigenvalue weighted by molar-refractivity contribution is 7.22. The van der Waals surface area contributed by atoms with Gasteiger partial charge in [0, 0.05) is 30.8 Å². The molecule has 29 heavy (non-hydrogen) atoms. The van der Waals surface area contributed by atoms with Gasteiger partial charge >= 0.3 is 0 Å². The van der Waals surface area contributed by atoms with Gasteiger partial charge in [-0.05, 0) is 39.6 Å². The predicted octanol–water partition coefficient (Wildman–Crippen LogP) is 3.89. The van der Waals surface area contributed by atoms with Crippen molar-refractivity contribution < 1.29 is 14.3 Å². The number of rotatable bonds is 5. The van der Waals surface area contributed by atoms with E-state index in [1.807, 2.05) is 58.3 Å². The third-order valence-corrected chi connectivity index (χ3v) is 5.94. The molecular weight excluding hydrogens is 386 g/mol. The van der Waals surface area contributed by atoms with Gasteiger partial charge in [0.25, 0.3) is 5.91 Å². The van der Waals surface area contributed by atoms with Crippen LogP contribution in [0.3, 0.4) is 0 Å². The quantitative estimate of drug-likeness (QED) is 0.638. The largest absolute Gasteiger partial charge is 0.486 e. The van der Waals surface area contributed by atoms with Crippen LogP contribution in [-0.4, -0.2) is 56.2 Å². The number of aromatic nitrogens is 1. The second-order valence-corrected chi connectivity index (χ2v) is 8.55. The Kier molecular flexibility index (Phi) is 5.43. The molecule has 3 aromatic rings. The molecule has 2 aromatic carbocycles. The number of amides is 1. The van der Waals surface area contributed by atoms with Crippen molar-refractivity contribution in [2.45, 2.75) is 13.8 Å². The Labute approximate surface area is 174 Å². The van der Waals surface area contributed by atoms with Gasteiger partial charge in [0.05, 0.1) is 10.2 Å². The topological polar surface area (TPSA) is 54.9 Å². The number of likely N-dealkylation sites (N-methyl/N-ethyl adjacent to an activating group) is 1. The van der Waals surface area contributed by atoms with E-state index in [0.29, 0.717) is 36.2 Å². The van der Waals surface area contributed by atoms with Crippen LogP contribution in [0.4, 0.5) is 5.13 Å². The molecule has 0 radical (unpaired) electrons. The molecule has 0 spiro atoms. The molecule has 4 rings (SSSR count). The maximum atomic E-state index is 13.4. The van der Waals surface area contributed by atoms with Crippen LogP contribution in [0.5, 0.6) is 11.5 Å². The number of nitrogens with zero attached hydrogens (tertiary/aromatic N) is 3. The SMILES string of the molecule is Cc1ccc(C(=O)N(CCN(C)C)c2nc3cc4c(cc3s2)OCCO4)c(C)c1. The molecule has 152 valence electrons. The number of benzene rings is 2. The molecule has 0 atom stereocenters. The number of ether oxygens (including phenoxy) is 2. The molecule has 0 aliphatic carbocycles. The Balaban J connectivity index is 1.73. The van der Waals surface area contributed by atoms with Crippen LogP contribution in [0.1, 0.15) is 21.5 Å². The molecular formula is C22H25N3O3S. The molecule has 0 saturated heterocycles. The van der Waals surface area contributed by atoms with Gasteiger partial charge in [-0.1, -0.05) is 29.0 Å². The first-order valence-corrected chi connectivity index (χ1v) is 10.5. The summed E-state index contributed by atoms with van der Waals surface area (Å²) in [6.45, 7) is 6.40. The molecule has 0 saturated carbocycles. The Hall–Kier alpha value is -2.64. The van der Waals surface area contributed by atoms with Gasteiger partial charge in [-0.15, -0.1) is 0 Å². The minimum atomic E-state index is -0.0272. The lowest BCUT2D eigenvalue weighted by atomic mass is 10.0. The number of anilines is 1. The van der Waals surface area contributed by atoms with Crippen LogP contribution < -0.4 is 14.4 Å². The van der Waals surface area contributed by atoms with E-state index in [4.69, 9.17) is 14.5 Å². The van der Waals surface area contributed by atoms with Crippen molar-refractivity contribution >= 4 is 32.6 Å². The zero-order valence-electron chi connectivity index (χ0n) is 17.2. The second kappa shape index (κ2) is 8.00. The molecule has 0 fully saturated rings. The fraction of sp³-hybridized carbons (Fsp3) is 0.364. The first-order valence-electron chi connectivity index (χ1n) is 9.66. The van der Waals surface area contributed by atoms with Crippen LogP contribution in [0, 0.1) is 13.8 Å². The van der Waals surface area contributed by atoms with Gasteiger partial charge in [-0.3, -0.25) is 9.69 Å². The lowest BCUT2D eigenvalue weighted by Gasteiger charge is -2.22. The van der Waals surface area contributed by atoms with Crippen LogP contribution >= 0.6 is 11.3 Å². The summed E-state index contributed by atoms with van der Waals surface area (Å²) in [6.07, 6.45) is 0. The average Bonchev–Trinajstić information content (AvgIpc) is 3.08. The van der Waals surface area contributed by atoms with Crippen molar-refractivity contribution in [1.82, 2.24) is 9.88 Å². The summed E-state index contributed by atoms with van der Waals surface area (Å²) in [5, 5.41) is 0.689. The normalized spacial score (nSPS) is 13.1. The maximum Gasteiger partial charge on any atom is 0.260 e. The van der Waals surface area contributed by atoms with E-state index in [0.717, 1.165) is 33.6 Å². The average molecular weight is 412 g/mol. The highest BCUT2D eigenvalue weighted by Crippen LogP contribution is 2.39. The van der Waals surface area contributed by atoms with E-state index >= 15 is 0 Å². The Morgan fingerprint density at radius 2 is 1.79 bits per heavy atom. The van der Waals surface area contributed by atoms with Crippen LogP contribution in [-0.2, 0) is 0 Å². The summed E-state index contributed by atoms with van der Waals surface area (Å²) in [5.74, 6) is 1.42. The number of hydrogen-bond acceptors (Lipinski definition) is 6. The smallest absolute Gasteiger partial charge is 0.260 e. The van der Waals surface area contributed by atoms with Crippen molar-refractivity contribution in [2.75, 3.05) is 45.3 Å². The van der Waals surface area contributed by atoms with E-state index in [1.54, 1.807) is 4.90 Å². The predicted molar refractivity (Wildman–Crippen MR) is 117 cm³/mol. The third-order valence-electron chi connectivity index (χ3n) is 4.90. The number of fused-ring (bicyclic) bond motifs is 2. The first kappa shape index (κ1) is 19.7. The fourth-order valence-corrected chi connectivity index (χ4v) is 4.35. The van der Waals surface area contributed by atoms with Crippen molar-refractivity contribution in [2.24, 2.45) is 0 Å². The summed E-state index contributed by atoms with van der Waals surface area (Å²) >= 11 is 1.50. The Morgan fingerprint density at radius 3 is 2.48 bits per heavy atom. The van der Waals surface area contributed by atoms with Gasteiger partial charge in [-0.2, -0.15) is 0 Å². The molecule has 1 aliphatic heterocycles. The standard InChI is InChI=1S/C22H25N3O3S/c1-14-5-6-16(15(2)11-14)21(26)25(8-7-24(3)4)22-23-17-12-18-19(13-20(17)29-22)28-10-9-27-18/h5-6,11-13H,7-10H2,1-4H3. The monoisotopic (exact) mass is 411 g/mol. The van der Waals surface area contributed by atoms with Crippen LogP contribution in [0.15, 0.2) is 30.3 Å². The molecule has 7 heteroatoms. The first-order chi connectivity index (χ1) is 13.9. The molecule has 1 aliphatic rings. The third kappa shape index (κ3) is 4.06. The summed E-state index contributed by atoms with van der Waals surface area (Å²) in [7, 11) is 4.00. The van der Waals surface area contributed by atoms with Crippen molar-refractivity contribution in [3.63, 3.8) is 0 Å². The number of carbonyl (C=O) groups is 1. The molecule has 0 N–H and O–H groups in total. The van der Waals surface area contributed by atoms with Gasteiger partial charge in [-0.25, -0.2) is 4.98 Å². The van der Waals surface area contributed by atoms with Crippen molar-refractivity contribution in [3.05, 3.63) is 47.0 Å². The van der Waals surface area contributed by atoms with Gasteiger partial charge in [0.2, 0.25) is 0 Å². The molecule has 2 heterocycles. The van der Waals surface area contributed by atoms with Gasteiger partial charge in [0.1, 0.15) is 13.2 Å². The summed E-state index contributed by atoms with van der Waals surface area (Å²) in [6, 6.07) is 9.78. The van der Waals surface area contributed by atoms with E-state index in [-0.39, 0.29) is 5.91 Å². The molecule has 0 unspecified atom stereocenters. The highest BCUT2D eigenvalue weighted by atomic mass is 32.1. The number of hydrogen-bond donors (Lipinski definition) is 0. The Morgan fingerprint density at radius 1 is 1.07 bits per heavy atom. The minimum Gasteiger partial charge on any atom is -0.486 e. The number of aryl methyl sites for hydroxylation is 2. The summed E-state index contributed by atoms with van der Waals surface area (Å²) in [4.78, 5) is 22.1. The second-order valence-electron chi connectivity index (χ2n) is 7.54. The maximum absolute atomic E-state index is 13.4. The van der Waals surface area contributed by atoms with Gasteiger partial charge in [0.15, 0.2) is 16.6 Å². The van der Waals surface area contributed by atoms with Crippen LogP contribution in [0.2, 0.25) is 0 Å². The molecule has 0 bridgehead atoms. The van der Waals surface area contributed by atoms with Gasteiger partial charge < -0.3 is 14.4 Å². The van der Waals surface area contributed by atoms with E-state index < -0.39 is 0 Å². The molecule has 1 amide bonds. The zero-order chi connectivity index (χ0) is 20.5. The summed E-state index contributed by atoms with van der Waals surface area (Å²) < 4.78 is 12.3. The van der Waals surface area contributed by atoms with Crippen molar-refractivity contribution in [3.8, 4) is 11.5 Å². The minimum absolute atomic E-state index is 0.0272. The van der Waals surface area contributed by atoms with Crippen LogP contribution in [0.25, 0.3) is 10.2 Å².